The number of piperidine rings is 1. The molecule has 2 aliphatic heterocycles. The fourth-order valence-corrected chi connectivity index (χ4v) is 7.99. The van der Waals surface area contributed by atoms with E-state index in [9.17, 15) is 9.59 Å². The first-order valence-corrected chi connectivity index (χ1v) is 16.6. The van der Waals surface area contributed by atoms with E-state index in [-0.39, 0.29) is 29.9 Å². The van der Waals surface area contributed by atoms with E-state index in [1.54, 1.807) is 31.2 Å². The highest BCUT2D eigenvalue weighted by molar-refractivity contribution is 6.01. The fraction of sp³-hybridized carbons (Fsp3) is 0.429. The molecule has 2 saturated heterocycles. The van der Waals surface area contributed by atoms with Gasteiger partial charge in [-0.3, -0.25) is 9.59 Å². The van der Waals surface area contributed by atoms with E-state index in [1.165, 1.54) is 12.8 Å². The first kappa shape index (κ1) is 28.4. The number of hydrogen-bond donors (Lipinski definition) is 1. The number of ether oxygens (including phenoxy) is 1. The first-order chi connectivity index (χ1) is 22.9. The maximum absolute atomic E-state index is 13.9. The van der Waals surface area contributed by atoms with Gasteiger partial charge in [-0.15, -0.1) is 0 Å². The zero-order valence-electron chi connectivity index (χ0n) is 26.5. The lowest BCUT2D eigenvalue weighted by molar-refractivity contribution is 0.0521. The second-order valence-corrected chi connectivity index (χ2v) is 13.6. The van der Waals surface area contributed by atoms with E-state index in [0.717, 1.165) is 47.5 Å². The molecule has 0 radical (unpaired) electrons. The summed E-state index contributed by atoms with van der Waals surface area (Å²) in [5.74, 6) is 2.73. The zero-order chi connectivity index (χ0) is 32.0. The van der Waals surface area contributed by atoms with Gasteiger partial charge in [-0.1, -0.05) is 0 Å². The van der Waals surface area contributed by atoms with Crippen LogP contribution in [0.3, 0.4) is 0 Å². The molecule has 2 bridgehead atoms. The summed E-state index contributed by atoms with van der Waals surface area (Å²) in [7, 11) is 1.63. The average molecular weight is 632 g/mol. The molecule has 4 fully saturated rings. The number of carbonyl (C=O) groups excluding carboxylic acids is 2. The van der Waals surface area contributed by atoms with E-state index < -0.39 is 0 Å². The molecule has 240 valence electrons. The molecule has 0 unspecified atom stereocenters. The van der Waals surface area contributed by atoms with Crippen molar-refractivity contribution in [2.45, 2.75) is 57.3 Å². The van der Waals surface area contributed by atoms with Crippen molar-refractivity contribution < 1.29 is 14.3 Å². The minimum atomic E-state index is -0.122. The lowest BCUT2D eigenvalue weighted by atomic mass is 10.1. The highest BCUT2D eigenvalue weighted by atomic mass is 16.5. The summed E-state index contributed by atoms with van der Waals surface area (Å²) < 4.78 is 10.5. The molecule has 6 heterocycles. The molecule has 2 saturated carbocycles. The number of hydrogen-bond acceptors (Lipinski definition) is 8. The monoisotopic (exact) mass is 631 g/mol. The highest BCUT2D eigenvalue weighted by Gasteiger charge is 2.47. The minimum absolute atomic E-state index is 0.0310. The van der Waals surface area contributed by atoms with Gasteiger partial charge in [-0.25, -0.2) is 19.9 Å². The van der Waals surface area contributed by atoms with Crippen LogP contribution in [0, 0.1) is 18.8 Å². The zero-order valence-corrected chi connectivity index (χ0v) is 26.5. The molecule has 12 nitrogen and oxygen atoms in total. The van der Waals surface area contributed by atoms with Crippen LogP contribution >= 0.6 is 0 Å². The number of likely N-dealkylation sites (tertiary alicyclic amines) is 2. The summed E-state index contributed by atoms with van der Waals surface area (Å²) in [6, 6.07) is 11.6. The van der Waals surface area contributed by atoms with Crippen molar-refractivity contribution in [3.63, 3.8) is 0 Å². The van der Waals surface area contributed by atoms with Crippen LogP contribution in [0.1, 0.15) is 58.4 Å². The van der Waals surface area contributed by atoms with E-state index in [1.807, 2.05) is 29.3 Å². The molecule has 2 amide bonds. The summed E-state index contributed by atoms with van der Waals surface area (Å²) >= 11 is 0. The topological polar surface area (TPSA) is 137 Å². The van der Waals surface area contributed by atoms with Gasteiger partial charge in [0.2, 0.25) is 0 Å². The Labute approximate surface area is 271 Å². The summed E-state index contributed by atoms with van der Waals surface area (Å²) in [6.45, 7) is 4.31. The quantitative estimate of drug-likeness (QED) is 0.286. The number of nitrogens with zero attached hydrogens (tertiary/aromatic N) is 8. The Morgan fingerprint density at radius 2 is 1.83 bits per heavy atom. The third-order valence-corrected chi connectivity index (χ3v) is 10.7. The molecule has 12 heteroatoms. The van der Waals surface area contributed by atoms with Crippen molar-refractivity contribution in [3.05, 3.63) is 65.9 Å². The Morgan fingerprint density at radius 3 is 2.55 bits per heavy atom. The predicted octanol–water partition coefficient (Wildman–Crippen LogP) is 3.83. The second-order valence-electron chi connectivity index (χ2n) is 13.6. The van der Waals surface area contributed by atoms with Crippen LogP contribution in [-0.4, -0.2) is 89.5 Å². The largest absolute Gasteiger partial charge is 0.494 e. The molecule has 3 atom stereocenters. The Bertz CT molecular complexity index is 2080. The van der Waals surface area contributed by atoms with Gasteiger partial charge in [-0.05, 0) is 80.8 Å². The molecule has 4 aromatic heterocycles. The number of fused-ring (bicyclic) bond motifs is 4. The number of aryl methyl sites for hydroxylation is 1. The van der Waals surface area contributed by atoms with E-state index in [0.29, 0.717) is 59.8 Å². The highest BCUT2D eigenvalue weighted by Crippen LogP contribution is 2.42. The molecular formula is C35H37N9O3. The number of amides is 2. The lowest BCUT2D eigenvalue weighted by Crippen LogP contribution is -2.51. The number of nitrogens with two attached hydrogens (primary N) is 1. The maximum atomic E-state index is 13.9. The fourth-order valence-electron chi connectivity index (χ4n) is 7.99. The number of carbonyl (C=O) groups is 2. The number of rotatable bonds is 7. The first-order valence-electron chi connectivity index (χ1n) is 16.6. The van der Waals surface area contributed by atoms with Crippen molar-refractivity contribution in [2.75, 3.05) is 26.7 Å². The molecule has 47 heavy (non-hydrogen) atoms. The van der Waals surface area contributed by atoms with Crippen LogP contribution in [0.15, 0.2) is 48.8 Å². The van der Waals surface area contributed by atoms with Crippen molar-refractivity contribution in [1.82, 2.24) is 38.9 Å². The molecule has 9 rings (SSSR count). The molecule has 0 spiro atoms. The SMILES string of the molecule is COc1cc(C(=O)N2C[C@H]3CC[C@@H]2[C@@H]3N)cc2nc(-c3cc4cccnc4n3CC3CC3)n(C3CN(C(=O)c4ccnc(C)n4)C3)c12. The summed E-state index contributed by atoms with van der Waals surface area (Å²) in [5.41, 5.74) is 10.8. The minimum Gasteiger partial charge on any atom is -0.494 e. The standard InChI is InChI=1S/C35H37N9O3/c1-19-37-11-9-25(39-19)35(46)41-17-24(18-41)44-31-26(12-23(14-29(31)47-2)34(45)43-16-22-7-8-27(43)30(22)36)40-33(44)28-13-21-4-3-10-38-32(21)42(28)15-20-5-6-20/h3-4,9-14,20,22,24,27,30H,5-8,15-18,36H2,1-2H3/t22-,27-,30-/m1/s1. The number of imidazole rings is 1. The second kappa shape index (κ2) is 10.6. The normalized spacial score (nSPS) is 22.4. The van der Waals surface area contributed by atoms with Gasteiger partial charge in [0.05, 0.1) is 24.4 Å². The molecule has 2 N–H and O–H groups in total. The Morgan fingerprint density at radius 1 is 0.979 bits per heavy atom. The van der Waals surface area contributed by atoms with Crippen LogP contribution in [0.5, 0.6) is 5.75 Å². The summed E-state index contributed by atoms with van der Waals surface area (Å²) in [6.07, 6.45) is 7.87. The van der Waals surface area contributed by atoms with Crippen LogP contribution in [-0.2, 0) is 6.54 Å². The van der Waals surface area contributed by atoms with Crippen LogP contribution < -0.4 is 10.5 Å². The van der Waals surface area contributed by atoms with Gasteiger partial charge in [0.25, 0.3) is 11.8 Å². The maximum Gasteiger partial charge on any atom is 0.272 e. The van der Waals surface area contributed by atoms with Crippen LogP contribution in [0.25, 0.3) is 33.6 Å². The Kier molecular flexibility index (Phi) is 6.40. The summed E-state index contributed by atoms with van der Waals surface area (Å²) in [5, 5.41) is 1.05. The van der Waals surface area contributed by atoms with Crippen molar-refractivity contribution in [3.8, 4) is 17.3 Å². The molecule has 1 aromatic carbocycles. The van der Waals surface area contributed by atoms with Crippen molar-refractivity contribution >= 4 is 33.9 Å². The van der Waals surface area contributed by atoms with Gasteiger partial charge in [0.1, 0.15) is 28.4 Å². The number of benzene rings is 1. The van der Waals surface area contributed by atoms with Crippen molar-refractivity contribution in [1.29, 1.82) is 0 Å². The molecule has 4 aliphatic rings. The van der Waals surface area contributed by atoms with E-state index in [4.69, 9.17) is 20.4 Å². The van der Waals surface area contributed by atoms with E-state index >= 15 is 0 Å². The van der Waals surface area contributed by atoms with E-state index in [2.05, 4.69) is 31.2 Å². The third-order valence-electron chi connectivity index (χ3n) is 10.7. The van der Waals surface area contributed by atoms with Gasteiger partial charge < -0.3 is 29.4 Å². The van der Waals surface area contributed by atoms with Gasteiger partial charge in [0.15, 0.2) is 5.82 Å². The average Bonchev–Trinajstić information content (AvgIpc) is 3.40. The molecular weight excluding hydrogens is 594 g/mol. The number of aromatic nitrogens is 6. The Balaban J connectivity index is 1.16. The van der Waals surface area contributed by atoms with Gasteiger partial charge >= 0.3 is 0 Å². The number of pyridine rings is 1. The molecule has 2 aliphatic carbocycles. The van der Waals surface area contributed by atoms with Gasteiger partial charge in [0, 0.05) is 61.6 Å². The smallest absolute Gasteiger partial charge is 0.272 e. The number of methoxy groups -OCH3 is 1. The van der Waals surface area contributed by atoms with Crippen molar-refractivity contribution in [2.24, 2.45) is 17.6 Å². The summed E-state index contributed by atoms with van der Waals surface area (Å²) in [4.78, 5) is 49.6. The van der Waals surface area contributed by atoms with Crippen LogP contribution in [0.2, 0.25) is 0 Å². The Hall–Kier alpha value is -4.84. The molecule has 5 aromatic rings. The van der Waals surface area contributed by atoms with Gasteiger partial charge in [-0.2, -0.15) is 0 Å². The predicted molar refractivity (Wildman–Crippen MR) is 175 cm³/mol. The third kappa shape index (κ3) is 4.52. The lowest BCUT2D eigenvalue weighted by Gasteiger charge is -2.40. The van der Waals surface area contributed by atoms with Crippen LogP contribution in [0.4, 0.5) is 0 Å².